The molecule has 1 amide bonds. The predicted molar refractivity (Wildman–Crippen MR) is 156 cm³/mol. The molecule has 204 valence electrons. The summed E-state index contributed by atoms with van der Waals surface area (Å²) in [6, 6.07) is 21.7. The maximum atomic E-state index is 13.2. The van der Waals surface area contributed by atoms with Gasteiger partial charge in [-0.05, 0) is 86.6 Å². The molecule has 1 atom stereocenters. The minimum Gasteiger partial charge on any atom is -0.478 e. The van der Waals surface area contributed by atoms with Crippen LogP contribution in [0.2, 0.25) is 0 Å². The molecule has 2 N–H and O–H groups in total. The Balaban J connectivity index is 1.55. The summed E-state index contributed by atoms with van der Waals surface area (Å²) in [6.45, 7) is 11.5. The molecule has 6 heteroatoms. The molecule has 0 spiro atoms. The number of nitrogens with one attached hydrogen (secondary N) is 1. The molecular weight excluding hydrogens is 488 g/mol. The van der Waals surface area contributed by atoms with E-state index in [4.69, 9.17) is 4.74 Å². The van der Waals surface area contributed by atoms with E-state index in [1.54, 1.807) is 6.07 Å². The monoisotopic (exact) mass is 526 g/mol. The van der Waals surface area contributed by atoms with E-state index < -0.39 is 11.6 Å². The fourth-order valence-electron chi connectivity index (χ4n) is 4.80. The molecular formula is C33H38N2O4. The number of rotatable bonds is 9. The van der Waals surface area contributed by atoms with E-state index in [9.17, 15) is 14.7 Å². The number of aromatic nitrogens is 1. The van der Waals surface area contributed by atoms with Gasteiger partial charge in [-0.1, -0.05) is 56.3 Å². The first kappa shape index (κ1) is 28.0. The van der Waals surface area contributed by atoms with E-state index in [1.807, 2.05) is 50.4 Å². The van der Waals surface area contributed by atoms with Gasteiger partial charge >= 0.3 is 5.97 Å². The summed E-state index contributed by atoms with van der Waals surface area (Å²) in [7, 11) is 2.01. The van der Waals surface area contributed by atoms with Crippen molar-refractivity contribution in [2.75, 3.05) is 0 Å². The number of carbonyl (C=O) groups is 2. The van der Waals surface area contributed by atoms with Crippen molar-refractivity contribution in [3.8, 4) is 5.75 Å². The first-order valence-electron chi connectivity index (χ1n) is 13.4. The molecule has 0 radical (unpaired) electrons. The van der Waals surface area contributed by atoms with Crippen molar-refractivity contribution in [3.05, 3.63) is 100 Å². The number of aryl methyl sites for hydroxylation is 1. The van der Waals surface area contributed by atoms with Crippen LogP contribution in [-0.4, -0.2) is 27.2 Å². The van der Waals surface area contributed by atoms with Crippen molar-refractivity contribution in [3.63, 3.8) is 0 Å². The van der Waals surface area contributed by atoms with E-state index in [1.165, 1.54) is 19.4 Å². The molecule has 1 heterocycles. The number of aliphatic carboxylic acids is 1. The Bertz CT molecular complexity index is 1510. The Morgan fingerprint density at radius 3 is 2.28 bits per heavy atom. The van der Waals surface area contributed by atoms with Crippen molar-refractivity contribution in [1.82, 2.24) is 9.88 Å². The Morgan fingerprint density at radius 1 is 0.974 bits per heavy atom. The smallest absolute Gasteiger partial charge is 0.347 e. The predicted octanol–water partition coefficient (Wildman–Crippen LogP) is 6.93. The van der Waals surface area contributed by atoms with Crippen LogP contribution >= 0.6 is 0 Å². The van der Waals surface area contributed by atoms with Gasteiger partial charge in [-0.3, -0.25) is 4.79 Å². The molecule has 0 aliphatic heterocycles. The van der Waals surface area contributed by atoms with E-state index in [0.29, 0.717) is 23.7 Å². The highest BCUT2D eigenvalue weighted by molar-refractivity contribution is 5.99. The van der Waals surface area contributed by atoms with Crippen LogP contribution in [0.25, 0.3) is 10.9 Å². The fourth-order valence-corrected chi connectivity index (χ4v) is 4.80. The van der Waals surface area contributed by atoms with Gasteiger partial charge in [-0.15, -0.1) is 0 Å². The summed E-state index contributed by atoms with van der Waals surface area (Å²) in [5.41, 5.74) is 5.93. The van der Waals surface area contributed by atoms with Gasteiger partial charge in [0.25, 0.3) is 5.91 Å². The van der Waals surface area contributed by atoms with Crippen LogP contribution in [-0.2, 0) is 18.3 Å². The number of benzene rings is 3. The zero-order valence-corrected chi connectivity index (χ0v) is 23.8. The second-order valence-corrected chi connectivity index (χ2v) is 11.1. The number of amides is 1. The van der Waals surface area contributed by atoms with Crippen molar-refractivity contribution in [2.24, 2.45) is 7.05 Å². The van der Waals surface area contributed by atoms with Gasteiger partial charge in [0.05, 0.1) is 6.04 Å². The first-order valence-corrected chi connectivity index (χ1v) is 13.4. The summed E-state index contributed by atoms with van der Waals surface area (Å²) < 4.78 is 7.85. The van der Waals surface area contributed by atoms with Crippen molar-refractivity contribution >= 4 is 22.8 Å². The number of nitrogens with zero attached hydrogens (tertiary/aromatic N) is 1. The van der Waals surface area contributed by atoms with E-state index in [2.05, 4.69) is 54.9 Å². The van der Waals surface area contributed by atoms with Gasteiger partial charge in [0.2, 0.25) is 0 Å². The lowest BCUT2D eigenvalue weighted by Gasteiger charge is -2.21. The molecule has 0 aliphatic rings. The lowest BCUT2D eigenvalue weighted by molar-refractivity contribution is -0.152. The number of carboxylic acid groups (broad SMARTS) is 1. The standard InChI is InChI=1S/C33H38N2O4/c1-20(2)24-11-13-25(14-12-24)21(3)34-31(36)26-15-16-28-29(22(4)35(7)30(28)19-26)18-23-9-8-10-27(17-23)39-33(5,6)32(37)38/h8-17,19-21H,18H2,1-7H3,(H,34,36)(H,37,38)/t21-/m0/s1. The average Bonchev–Trinajstić information content (AvgIpc) is 3.12. The lowest BCUT2D eigenvalue weighted by Crippen LogP contribution is -2.37. The average molecular weight is 527 g/mol. The van der Waals surface area contributed by atoms with Crippen LogP contribution in [0.3, 0.4) is 0 Å². The van der Waals surface area contributed by atoms with Crippen LogP contribution in [0, 0.1) is 6.92 Å². The van der Waals surface area contributed by atoms with Gasteiger partial charge < -0.3 is 19.7 Å². The highest BCUT2D eigenvalue weighted by Crippen LogP contribution is 2.30. The lowest BCUT2D eigenvalue weighted by atomic mass is 9.99. The Kier molecular flexibility index (Phi) is 7.86. The van der Waals surface area contributed by atoms with Crippen molar-refractivity contribution < 1.29 is 19.4 Å². The quantitative estimate of drug-likeness (QED) is 0.248. The van der Waals surface area contributed by atoms with Gasteiger partial charge in [0.15, 0.2) is 5.60 Å². The van der Waals surface area contributed by atoms with E-state index in [0.717, 1.165) is 33.3 Å². The van der Waals surface area contributed by atoms with Crippen LogP contribution < -0.4 is 10.1 Å². The molecule has 0 unspecified atom stereocenters. The fraction of sp³-hybridized carbons (Fsp3) is 0.333. The molecule has 3 aromatic carbocycles. The zero-order valence-electron chi connectivity index (χ0n) is 23.8. The minimum atomic E-state index is -1.32. The highest BCUT2D eigenvalue weighted by atomic mass is 16.5. The molecule has 39 heavy (non-hydrogen) atoms. The molecule has 0 aliphatic carbocycles. The van der Waals surface area contributed by atoms with Crippen molar-refractivity contribution in [1.29, 1.82) is 0 Å². The van der Waals surface area contributed by atoms with Crippen molar-refractivity contribution in [2.45, 2.75) is 65.5 Å². The third-order valence-corrected chi connectivity index (χ3v) is 7.50. The molecule has 4 aromatic rings. The Labute approximate surface area is 230 Å². The summed E-state index contributed by atoms with van der Waals surface area (Å²) in [5, 5.41) is 13.6. The highest BCUT2D eigenvalue weighted by Gasteiger charge is 2.29. The van der Waals surface area contributed by atoms with Crippen LogP contribution in [0.1, 0.15) is 84.9 Å². The van der Waals surface area contributed by atoms with Gasteiger partial charge in [-0.25, -0.2) is 4.79 Å². The number of hydrogen-bond donors (Lipinski definition) is 2. The number of hydrogen-bond acceptors (Lipinski definition) is 3. The number of carboxylic acids is 1. The SMILES string of the molecule is Cc1c(Cc2cccc(OC(C)(C)C(=O)O)c2)c2ccc(C(=O)N[C@@H](C)c3ccc(C(C)C)cc3)cc2n1C. The molecule has 0 saturated carbocycles. The minimum absolute atomic E-state index is 0.108. The molecule has 6 nitrogen and oxygen atoms in total. The number of fused-ring (bicyclic) bond motifs is 1. The third kappa shape index (κ3) is 6.00. The third-order valence-electron chi connectivity index (χ3n) is 7.50. The van der Waals surface area contributed by atoms with Crippen LogP contribution in [0.15, 0.2) is 66.7 Å². The number of ether oxygens (including phenoxy) is 1. The normalized spacial score (nSPS) is 12.5. The largest absolute Gasteiger partial charge is 0.478 e. The molecule has 1 aromatic heterocycles. The first-order chi connectivity index (χ1) is 18.4. The second kappa shape index (κ2) is 11.0. The number of carbonyl (C=O) groups excluding carboxylic acids is 1. The summed E-state index contributed by atoms with van der Waals surface area (Å²) >= 11 is 0. The van der Waals surface area contributed by atoms with E-state index in [-0.39, 0.29) is 11.9 Å². The Morgan fingerprint density at radius 2 is 1.64 bits per heavy atom. The van der Waals surface area contributed by atoms with Crippen LogP contribution in [0.4, 0.5) is 0 Å². The summed E-state index contributed by atoms with van der Waals surface area (Å²) in [5.74, 6) is -0.139. The summed E-state index contributed by atoms with van der Waals surface area (Å²) in [6.07, 6.45) is 0.656. The van der Waals surface area contributed by atoms with Crippen LogP contribution in [0.5, 0.6) is 5.75 Å². The zero-order chi connectivity index (χ0) is 28.5. The van der Waals surface area contributed by atoms with E-state index >= 15 is 0 Å². The topological polar surface area (TPSA) is 80.6 Å². The van der Waals surface area contributed by atoms with Gasteiger partial charge in [0, 0.05) is 29.2 Å². The molecule has 0 fully saturated rings. The molecule has 0 bridgehead atoms. The van der Waals surface area contributed by atoms with Gasteiger partial charge in [0.1, 0.15) is 5.75 Å². The maximum Gasteiger partial charge on any atom is 0.347 e. The maximum absolute atomic E-state index is 13.2. The van der Waals surface area contributed by atoms with Gasteiger partial charge in [-0.2, -0.15) is 0 Å². The second-order valence-electron chi connectivity index (χ2n) is 11.1. The molecule has 4 rings (SSSR count). The molecule has 0 saturated heterocycles. The Hall–Kier alpha value is -4.06. The summed E-state index contributed by atoms with van der Waals surface area (Å²) in [4.78, 5) is 24.6.